The minimum absolute atomic E-state index is 0.720. The number of nitrogen functional groups attached to an aromatic ring is 1. The zero-order valence-corrected chi connectivity index (χ0v) is 12.9. The van der Waals surface area contributed by atoms with E-state index in [1.54, 1.807) is 0 Å². The van der Waals surface area contributed by atoms with Gasteiger partial charge < -0.3 is 5.43 Å². The number of nitrogens with two attached hydrogens (primary N) is 1. The first-order chi connectivity index (χ1) is 10.2. The summed E-state index contributed by atoms with van der Waals surface area (Å²) < 4.78 is 0. The Morgan fingerprint density at radius 2 is 1.95 bits per heavy atom. The van der Waals surface area contributed by atoms with Gasteiger partial charge in [0.1, 0.15) is 5.82 Å². The highest BCUT2D eigenvalue weighted by atomic mass is 35.5. The molecule has 1 aliphatic carbocycles. The van der Waals surface area contributed by atoms with Crippen molar-refractivity contribution in [3.63, 3.8) is 0 Å². The quantitative estimate of drug-likeness (QED) is 0.505. The van der Waals surface area contributed by atoms with Crippen LogP contribution in [0.5, 0.6) is 0 Å². The van der Waals surface area contributed by atoms with E-state index < -0.39 is 0 Å². The second-order valence-corrected chi connectivity index (χ2v) is 5.92. The molecular weight excluding hydrogens is 284 g/mol. The number of halogens is 1. The van der Waals surface area contributed by atoms with Gasteiger partial charge in [-0.1, -0.05) is 18.0 Å². The van der Waals surface area contributed by atoms with E-state index in [1.165, 1.54) is 24.8 Å². The molecule has 0 saturated heterocycles. The highest BCUT2D eigenvalue weighted by molar-refractivity contribution is 6.30. The maximum Gasteiger partial charge on any atom is 0.162 e. The van der Waals surface area contributed by atoms with Crippen LogP contribution < -0.4 is 11.3 Å². The van der Waals surface area contributed by atoms with Crippen LogP contribution in [0.3, 0.4) is 0 Å². The van der Waals surface area contributed by atoms with E-state index in [1.807, 2.05) is 25.1 Å². The highest BCUT2D eigenvalue weighted by Crippen LogP contribution is 2.29. The normalized spacial score (nSPS) is 14.4. The Morgan fingerprint density at radius 3 is 2.71 bits per heavy atom. The smallest absolute Gasteiger partial charge is 0.162 e. The molecule has 1 aliphatic rings. The Labute approximate surface area is 129 Å². The lowest BCUT2D eigenvalue weighted by Gasteiger charge is -2.14. The molecule has 2 aromatic rings. The van der Waals surface area contributed by atoms with Gasteiger partial charge >= 0.3 is 0 Å². The molecule has 0 atom stereocenters. The largest absolute Gasteiger partial charge is 0.308 e. The van der Waals surface area contributed by atoms with Crippen LogP contribution in [0.1, 0.15) is 36.1 Å². The van der Waals surface area contributed by atoms with Crippen molar-refractivity contribution in [1.82, 2.24) is 9.97 Å². The number of anilines is 1. The van der Waals surface area contributed by atoms with E-state index in [2.05, 4.69) is 10.4 Å². The van der Waals surface area contributed by atoms with Gasteiger partial charge in [-0.25, -0.2) is 15.8 Å². The minimum atomic E-state index is 0.720. The van der Waals surface area contributed by atoms with E-state index in [-0.39, 0.29) is 0 Å². The zero-order chi connectivity index (χ0) is 14.8. The second kappa shape index (κ2) is 6.00. The summed E-state index contributed by atoms with van der Waals surface area (Å²) in [7, 11) is 0. The number of nitrogens with zero attached hydrogens (tertiary/aromatic N) is 2. The van der Waals surface area contributed by atoms with Crippen LogP contribution in [-0.2, 0) is 12.8 Å². The molecule has 1 aromatic heterocycles. The van der Waals surface area contributed by atoms with Gasteiger partial charge in [-0.15, -0.1) is 0 Å². The summed E-state index contributed by atoms with van der Waals surface area (Å²) in [4.78, 5) is 9.41. The first kappa shape index (κ1) is 14.3. The van der Waals surface area contributed by atoms with E-state index in [4.69, 9.17) is 22.4 Å². The van der Waals surface area contributed by atoms with Crippen molar-refractivity contribution in [2.75, 3.05) is 5.43 Å². The molecule has 3 rings (SSSR count). The Kier molecular flexibility index (Phi) is 4.08. The molecule has 21 heavy (non-hydrogen) atoms. The second-order valence-electron chi connectivity index (χ2n) is 5.49. The molecular formula is C16H19ClN4. The maximum absolute atomic E-state index is 6.03. The fraction of sp³-hybridized carbons (Fsp3) is 0.375. The van der Waals surface area contributed by atoms with Gasteiger partial charge in [0.2, 0.25) is 0 Å². The molecule has 0 bridgehead atoms. The number of nitrogens with one attached hydrogen (secondary N) is 1. The SMILES string of the molecule is Cc1cc(Cl)ccc1-c1nc2c(c(NN)n1)CCCCC2. The molecule has 0 saturated carbocycles. The monoisotopic (exact) mass is 302 g/mol. The summed E-state index contributed by atoms with van der Waals surface area (Å²) in [5, 5.41) is 0.725. The Hall–Kier alpha value is -1.65. The average molecular weight is 303 g/mol. The molecule has 1 aromatic carbocycles. The molecule has 5 heteroatoms. The fourth-order valence-electron chi connectivity index (χ4n) is 2.89. The molecule has 3 N–H and O–H groups in total. The van der Waals surface area contributed by atoms with Gasteiger partial charge in [-0.2, -0.15) is 0 Å². The summed E-state index contributed by atoms with van der Waals surface area (Å²) in [5.41, 5.74) is 7.11. The van der Waals surface area contributed by atoms with Gasteiger partial charge in [0.05, 0.1) is 0 Å². The van der Waals surface area contributed by atoms with Crippen molar-refractivity contribution in [1.29, 1.82) is 0 Å². The van der Waals surface area contributed by atoms with Crippen molar-refractivity contribution >= 4 is 17.4 Å². The van der Waals surface area contributed by atoms with E-state index in [9.17, 15) is 0 Å². The highest BCUT2D eigenvalue weighted by Gasteiger charge is 2.17. The van der Waals surface area contributed by atoms with Crippen molar-refractivity contribution in [2.45, 2.75) is 39.0 Å². The molecule has 0 fully saturated rings. The number of hydrogen-bond donors (Lipinski definition) is 2. The number of aryl methyl sites for hydroxylation is 2. The standard InChI is InChI=1S/C16H19ClN4/c1-10-9-11(17)7-8-12(10)15-19-14-6-4-2-3-5-13(14)16(20-15)21-18/h7-9H,2-6,18H2,1H3,(H,19,20,21). The van der Waals surface area contributed by atoms with E-state index in [0.29, 0.717) is 0 Å². The predicted octanol–water partition coefficient (Wildman–Crippen LogP) is 3.66. The predicted molar refractivity (Wildman–Crippen MR) is 86.3 cm³/mol. The van der Waals surface area contributed by atoms with Crippen molar-refractivity contribution in [3.8, 4) is 11.4 Å². The van der Waals surface area contributed by atoms with Crippen molar-refractivity contribution in [3.05, 3.63) is 40.0 Å². The van der Waals surface area contributed by atoms with Crippen LogP contribution in [0.15, 0.2) is 18.2 Å². The molecule has 1 heterocycles. The van der Waals surface area contributed by atoms with Crippen LogP contribution in [0.2, 0.25) is 5.02 Å². The Bertz CT molecular complexity index is 670. The van der Waals surface area contributed by atoms with E-state index >= 15 is 0 Å². The third-order valence-electron chi connectivity index (χ3n) is 4.00. The topological polar surface area (TPSA) is 63.8 Å². The van der Waals surface area contributed by atoms with Crippen molar-refractivity contribution < 1.29 is 0 Å². The molecule has 0 amide bonds. The minimum Gasteiger partial charge on any atom is -0.308 e. The average Bonchev–Trinajstić information content (AvgIpc) is 2.71. The summed E-state index contributed by atoms with van der Waals surface area (Å²) in [5.74, 6) is 7.15. The lowest BCUT2D eigenvalue weighted by atomic mass is 10.1. The number of benzene rings is 1. The van der Waals surface area contributed by atoms with Crippen LogP contribution in [0, 0.1) is 6.92 Å². The number of rotatable bonds is 2. The van der Waals surface area contributed by atoms with Gasteiger partial charge in [0.15, 0.2) is 5.82 Å². The summed E-state index contributed by atoms with van der Waals surface area (Å²) in [6, 6.07) is 5.77. The number of hydrazine groups is 1. The summed E-state index contributed by atoms with van der Waals surface area (Å²) in [6.45, 7) is 2.02. The van der Waals surface area contributed by atoms with Gasteiger partial charge in [0, 0.05) is 21.8 Å². The lowest BCUT2D eigenvalue weighted by Crippen LogP contribution is -2.14. The number of fused-ring (bicyclic) bond motifs is 1. The third kappa shape index (κ3) is 2.87. The zero-order valence-electron chi connectivity index (χ0n) is 12.1. The summed E-state index contributed by atoms with van der Waals surface area (Å²) in [6.07, 6.45) is 5.56. The molecule has 0 radical (unpaired) electrons. The molecule has 4 nitrogen and oxygen atoms in total. The molecule has 110 valence electrons. The fourth-order valence-corrected chi connectivity index (χ4v) is 3.12. The van der Waals surface area contributed by atoms with Crippen LogP contribution in [0.4, 0.5) is 5.82 Å². The molecule has 0 unspecified atom stereocenters. The van der Waals surface area contributed by atoms with Crippen molar-refractivity contribution in [2.24, 2.45) is 5.84 Å². The lowest BCUT2D eigenvalue weighted by molar-refractivity contribution is 0.709. The first-order valence-corrected chi connectivity index (χ1v) is 7.70. The third-order valence-corrected chi connectivity index (χ3v) is 4.23. The Morgan fingerprint density at radius 1 is 1.14 bits per heavy atom. The van der Waals surface area contributed by atoms with Gasteiger partial charge in [-0.3, -0.25) is 0 Å². The van der Waals surface area contributed by atoms with Gasteiger partial charge in [-0.05, 0) is 56.4 Å². The maximum atomic E-state index is 6.03. The summed E-state index contributed by atoms with van der Waals surface area (Å²) >= 11 is 6.03. The van der Waals surface area contributed by atoms with E-state index in [0.717, 1.165) is 46.3 Å². The number of aromatic nitrogens is 2. The van der Waals surface area contributed by atoms with Crippen LogP contribution >= 0.6 is 11.6 Å². The van der Waals surface area contributed by atoms with Gasteiger partial charge in [0.25, 0.3) is 0 Å². The Balaban J connectivity index is 2.13. The molecule has 0 spiro atoms. The first-order valence-electron chi connectivity index (χ1n) is 7.32. The van der Waals surface area contributed by atoms with Crippen LogP contribution in [0.25, 0.3) is 11.4 Å². The van der Waals surface area contributed by atoms with Crippen LogP contribution in [-0.4, -0.2) is 9.97 Å². The molecule has 0 aliphatic heterocycles. The number of hydrogen-bond acceptors (Lipinski definition) is 4.